The largest absolute Gasteiger partial charge is 0.493 e. The maximum absolute atomic E-state index is 5.55. The zero-order valence-electron chi connectivity index (χ0n) is 8.22. The molecular weight excluding hydrogens is 208 g/mol. The van der Waals surface area contributed by atoms with Gasteiger partial charge in [0.15, 0.2) is 0 Å². The highest BCUT2D eigenvalue weighted by Crippen LogP contribution is 2.13. The average Bonchev–Trinajstić information content (AvgIpc) is 2.71. The highest BCUT2D eigenvalue weighted by Gasteiger charge is 1.97. The molecule has 0 aliphatic heterocycles. The summed E-state index contributed by atoms with van der Waals surface area (Å²) < 4.78 is 5.55. The van der Waals surface area contributed by atoms with Crippen LogP contribution in [0.2, 0.25) is 0 Å². The monoisotopic (exact) mass is 220 g/mol. The van der Waals surface area contributed by atoms with Crippen LogP contribution in [0.4, 0.5) is 5.82 Å². The number of nitrogens with zero attached hydrogens (tertiary/aromatic N) is 1. The Morgan fingerprint density at radius 3 is 3.07 bits per heavy atom. The van der Waals surface area contributed by atoms with Crippen LogP contribution in [0.3, 0.4) is 0 Å². The van der Waals surface area contributed by atoms with E-state index >= 15 is 0 Å². The highest BCUT2D eigenvalue weighted by molar-refractivity contribution is 7.09. The Hall–Kier alpha value is -1.55. The predicted molar refractivity (Wildman–Crippen MR) is 62.2 cm³/mol. The van der Waals surface area contributed by atoms with E-state index in [1.807, 2.05) is 12.1 Å². The molecule has 4 heteroatoms. The van der Waals surface area contributed by atoms with E-state index in [4.69, 9.17) is 10.5 Å². The second kappa shape index (κ2) is 4.79. The van der Waals surface area contributed by atoms with E-state index in [1.54, 1.807) is 23.6 Å². The number of thiophene rings is 1. The van der Waals surface area contributed by atoms with Gasteiger partial charge in [0.05, 0.1) is 6.61 Å². The van der Waals surface area contributed by atoms with E-state index in [1.165, 1.54) is 4.88 Å². The van der Waals surface area contributed by atoms with Crippen LogP contribution in [-0.2, 0) is 6.42 Å². The SMILES string of the molecule is Nc1cc(OCCc2cccs2)ccn1. The normalized spacial score (nSPS) is 10.1. The van der Waals surface area contributed by atoms with Crippen LogP contribution in [0, 0.1) is 0 Å². The molecule has 2 heterocycles. The topological polar surface area (TPSA) is 48.1 Å². The number of ether oxygens (including phenoxy) is 1. The molecule has 0 saturated heterocycles. The van der Waals surface area contributed by atoms with Gasteiger partial charge in [-0.15, -0.1) is 11.3 Å². The Labute approximate surface area is 92.5 Å². The van der Waals surface area contributed by atoms with Crippen LogP contribution in [0.15, 0.2) is 35.8 Å². The number of pyridine rings is 1. The summed E-state index contributed by atoms with van der Waals surface area (Å²) >= 11 is 1.74. The van der Waals surface area contributed by atoms with Gasteiger partial charge in [0.25, 0.3) is 0 Å². The quantitative estimate of drug-likeness (QED) is 0.860. The number of nitrogen functional groups attached to an aromatic ring is 1. The molecule has 0 saturated carbocycles. The third kappa shape index (κ3) is 2.95. The lowest BCUT2D eigenvalue weighted by molar-refractivity contribution is 0.323. The number of hydrogen-bond donors (Lipinski definition) is 1. The number of nitrogens with two attached hydrogens (primary N) is 1. The van der Waals surface area contributed by atoms with Crippen LogP contribution in [0.1, 0.15) is 4.88 Å². The van der Waals surface area contributed by atoms with Crippen LogP contribution >= 0.6 is 11.3 Å². The van der Waals surface area contributed by atoms with Crippen LogP contribution < -0.4 is 10.5 Å². The van der Waals surface area contributed by atoms with Crippen molar-refractivity contribution in [1.82, 2.24) is 4.98 Å². The molecule has 2 aromatic rings. The molecule has 2 N–H and O–H groups in total. The Balaban J connectivity index is 1.83. The molecule has 0 aliphatic rings. The van der Waals surface area contributed by atoms with Crippen molar-refractivity contribution in [2.75, 3.05) is 12.3 Å². The van der Waals surface area contributed by atoms with Crippen LogP contribution in [0.5, 0.6) is 5.75 Å². The van der Waals surface area contributed by atoms with Crippen LogP contribution in [-0.4, -0.2) is 11.6 Å². The molecule has 0 bridgehead atoms. The van der Waals surface area contributed by atoms with Crippen molar-refractivity contribution in [2.24, 2.45) is 0 Å². The van der Waals surface area contributed by atoms with Crippen molar-refractivity contribution in [2.45, 2.75) is 6.42 Å². The van der Waals surface area contributed by atoms with Gasteiger partial charge in [-0.05, 0) is 17.5 Å². The van der Waals surface area contributed by atoms with Gasteiger partial charge >= 0.3 is 0 Å². The van der Waals surface area contributed by atoms with Crippen molar-refractivity contribution in [3.63, 3.8) is 0 Å². The smallest absolute Gasteiger partial charge is 0.126 e. The molecule has 0 amide bonds. The Kier molecular flexibility index (Phi) is 3.19. The van der Waals surface area contributed by atoms with Gasteiger partial charge < -0.3 is 10.5 Å². The molecule has 78 valence electrons. The van der Waals surface area contributed by atoms with E-state index in [0.29, 0.717) is 12.4 Å². The van der Waals surface area contributed by atoms with Crippen LogP contribution in [0.25, 0.3) is 0 Å². The first-order valence-electron chi connectivity index (χ1n) is 4.71. The van der Waals surface area contributed by atoms with Gasteiger partial charge in [-0.25, -0.2) is 4.98 Å². The third-order valence-electron chi connectivity index (χ3n) is 1.95. The fourth-order valence-corrected chi connectivity index (χ4v) is 1.93. The van der Waals surface area contributed by atoms with E-state index < -0.39 is 0 Å². The molecule has 0 unspecified atom stereocenters. The maximum atomic E-state index is 5.55. The molecule has 0 radical (unpaired) electrons. The second-order valence-electron chi connectivity index (χ2n) is 3.09. The summed E-state index contributed by atoms with van der Waals surface area (Å²) in [6.45, 7) is 0.671. The number of aromatic nitrogens is 1. The predicted octanol–water partition coefficient (Wildman–Crippen LogP) is 2.35. The summed E-state index contributed by atoms with van der Waals surface area (Å²) in [6, 6.07) is 7.69. The zero-order valence-corrected chi connectivity index (χ0v) is 9.04. The first-order chi connectivity index (χ1) is 7.34. The van der Waals surface area contributed by atoms with Gasteiger partial charge in [0, 0.05) is 23.6 Å². The summed E-state index contributed by atoms with van der Waals surface area (Å²) in [6.07, 6.45) is 2.58. The fourth-order valence-electron chi connectivity index (χ4n) is 1.24. The van der Waals surface area contributed by atoms with E-state index in [2.05, 4.69) is 16.4 Å². The van der Waals surface area contributed by atoms with Crippen molar-refractivity contribution in [3.05, 3.63) is 40.7 Å². The fraction of sp³-hybridized carbons (Fsp3) is 0.182. The highest BCUT2D eigenvalue weighted by atomic mass is 32.1. The van der Waals surface area contributed by atoms with Gasteiger partial charge in [-0.2, -0.15) is 0 Å². The van der Waals surface area contributed by atoms with Gasteiger partial charge in [-0.3, -0.25) is 0 Å². The van der Waals surface area contributed by atoms with E-state index in [9.17, 15) is 0 Å². The van der Waals surface area contributed by atoms with E-state index in [0.717, 1.165) is 12.2 Å². The minimum absolute atomic E-state index is 0.489. The van der Waals surface area contributed by atoms with Crippen molar-refractivity contribution in [1.29, 1.82) is 0 Å². The molecule has 0 aromatic carbocycles. The molecule has 2 aromatic heterocycles. The lowest BCUT2D eigenvalue weighted by atomic mass is 10.3. The zero-order chi connectivity index (χ0) is 10.5. The summed E-state index contributed by atoms with van der Waals surface area (Å²) in [4.78, 5) is 5.23. The average molecular weight is 220 g/mol. The third-order valence-corrected chi connectivity index (χ3v) is 2.89. The van der Waals surface area contributed by atoms with Gasteiger partial charge in [0.1, 0.15) is 11.6 Å². The Morgan fingerprint density at radius 1 is 1.40 bits per heavy atom. The first kappa shape index (κ1) is 9.98. The van der Waals surface area contributed by atoms with Crippen molar-refractivity contribution >= 4 is 17.2 Å². The molecule has 0 spiro atoms. The second-order valence-corrected chi connectivity index (χ2v) is 4.13. The molecule has 3 nitrogen and oxygen atoms in total. The number of anilines is 1. The number of hydrogen-bond acceptors (Lipinski definition) is 4. The maximum Gasteiger partial charge on any atom is 0.126 e. The summed E-state index contributed by atoms with van der Waals surface area (Å²) in [5.74, 6) is 1.27. The number of rotatable bonds is 4. The molecule has 0 aliphatic carbocycles. The minimum Gasteiger partial charge on any atom is -0.493 e. The molecule has 2 rings (SSSR count). The van der Waals surface area contributed by atoms with Crippen molar-refractivity contribution in [3.8, 4) is 5.75 Å². The molecule has 15 heavy (non-hydrogen) atoms. The standard InChI is InChI=1S/C11H12N2OS/c12-11-8-9(3-5-13-11)14-6-4-10-2-1-7-15-10/h1-3,5,7-8H,4,6H2,(H2,12,13). The Morgan fingerprint density at radius 2 is 2.33 bits per heavy atom. The molecular formula is C11H12N2OS. The Bertz CT molecular complexity index is 414. The summed E-state index contributed by atoms with van der Waals surface area (Å²) in [5.41, 5.74) is 5.54. The lowest BCUT2D eigenvalue weighted by Crippen LogP contribution is -2.00. The van der Waals surface area contributed by atoms with Gasteiger partial charge in [-0.1, -0.05) is 6.07 Å². The summed E-state index contributed by atoms with van der Waals surface area (Å²) in [5, 5.41) is 2.07. The lowest BCUT2D eigenvalue weighted by Gasteiger charge is -2.04. The van der Waals surface area contributed by atoms with Gasteiger partial charge in [0.2, 0.25) is 0 Å². The van der Waals surface area contributed by atoms with Crippen molar-refractivity contribution < 1.29 is 4.74 Å². The summed E-state index contributed by atoms with van der Waals surface area (Å²) in [7, 11) is 0. The first-order valence-corrected chi connectivity index (χ1v) is 5.59. The molecule has 0 fully saturated rings. The molecule has 0 atom stereocenters. The van der Waals surface area contributed by atoms with E-state index in [-0.39, 0.29) is 0 Å². The minimum atomic E-state index is 0.489.